The van der Waals surface area contributed by atoms with E-state index in [0.29, 0.717) is 4.66 Å². The third-order valence-corrected chi connectivity index (χ3v) is 20.5. The molecule has 0 aromatic rings. The van der Waals surface area contributed by atoms with E-state index in [2.05, 4.69) is 60.4 Å². The molecule has 18 heavy (non-hydrogen) atoms. The van der Waals surface area contributed by atoms with Gasteiger partial charge in [-0.25, -0.2) is 0 Å². The molecule has 0 amide bonds. The van der Waals surface area contributed by atoms with Crippen molar-refractivity contribution in [3.63, 3.8) is 0 Å². The molecule has 0 aliphatic heterocycles. The maximum absolute atomic E-state index is 6.13. The molecule has 0 saturated heterocycles. The first-order valence-corrected chi connectivity index (χ1v) is 14.0. The second kappa shape index (κ2) is 5.80. The van der Waals surface area contributed by atoms with Crippen molar-refractivity contribution in [2.45, 2.75) is 89.6 Å². The molecular formula is C15H36OSi2. The maximum atomic E-state index is 6.13. The summed E-state index contributed by atoms with van der Waals surface area (Å²) in [6.07, 6.45) is 3.60. The van der Waals surface area contributed by atoms with E-state index >= 15 is 0 Å². The average Bonchev–Trinajstić information content (AvgIpc) is 2.28. The third-order valence-electron chi connectivity index (χ3n) is 6.41. The molecule has 0 aromatic carbocycles. The summed E-state index contributed by atoms with van der Waals surface area (Å²) < 4.78 is 6.64. The van der Waals surface area contributed by atoms with Gasteiger partial charge in [0.15, 0.2) is 0 Å². The lowest BCUT2D eigenvalue weighted by molar-refractivity contribution is 0.0429. The minimum Gasteiger partial charge on any atom is -0.382 e. The van der Waals surface area contributed by atoms with Gasteiger partial charge in [-0.2, -0.15) is 0 Å². The number of hydrogen-bond acceptors (Lipinski definition) is 1. The summed E-state index contributed by atoms with van der Waals surface area (Å²) in [5.74, 6) is 0. The summed E-state index contributed by atoms with van der Waals surface area (Å²) >= 11 is 0. The van der Waals surface area contributed by atoms with E-state index < -0.39 is 16.1 Å². The van der Waals surface area contributed by atoms with Gasteiger partial charge in [-0.15, -0.1) is 0 Å². The van der Waals surface area contributed by atoms with Gasteiger partial charge >= 0.3 is 0 Å². The predicted molar refractivity (Wildman–Crippen MR) is 89.8 cm³/mol. The van der Waals surface area contributed by atoms with Crippen molar-refractivity contribution in [2.24, 2.45) is 0 Å². The topological polar surface area (TPSA) is 9.23 Å². The Kier molecular flexibility index (Phi) is 5.93. The van der Waals surface area contributed by atoms with Crippen LogP contribution in [0.2, 0.25) is 37.4 Å². The number of rotatable bonds is 7. The summed E-state index contributed by atoms with van der Waals surface area (Å²) in [7, 11) is -0.823. The van der Waals surface area contributed by atoms with Crippen molar-refractivity contribution >= 4 is 16.1 Å². The van der Waals surface area contributed by atoms with Crippen LogP contribution < -0.4 is 0 Å². The van der Waals surface area contributed by atoms with E-state index in [1.807, 2.05) is 7.11 Å². The van der Waals surface area contributed by atoms with Gasteiger partial charge in [0.05, 0.1) is 13.3 Å². The summed E-state index contributed by atoms with van der Waals surface area (Å²) in [5.41, 5.74) is 0. The molecule has 1 atom stereocenters. The van der Waals surface area contributed by atoms with E-state index in [4.69, 9.17) is 4.74 Å². The van der Waals surface area contributed by atoms with Crippen LogP contribution in [0.4, 0.5) is 0 Å². The largest absolute Gasteiger partial charge is 0.382 e. The van der Waals surface area contributed by atoms with Crippen LogP contribution in [0.15, 0.2) is 0 Å². The quantitative estimate of drug-likeness (QED) is 0.563. The Balaban J connectivity index is 5.86. The highest BCUT2D eigenvalue weighted by atomic mass is 28.4. The van der Waals surface area contributed by atoms with E-state index in [0.717, 1.165) is 12.8 Å². The van der Waals surface area contributed by atoms with Crippen molar-refractivity contribution in [1.29, 1.82) is 0 Å². The second-order valence-electron chi connectivity index (χ2n) is 7.47. The van der Waals surface area contributed by atoms with Gasteiger partial charge < -0.3 is 4.74 Å². The van der Waals surface area contributed by atoms with E-state index in [1.165, 1.54) is 6.42 Å². The first kappa shape index (κ1) is 18.4. The van der Waals surface area contributed by atoms with Crippen molar-refractivity contribution in [1.82, 2.24) is 0 Å². The second-order valence-corrected chi connectivity index (χ2v) is 18.8. The van der Waals surface area contributed by atoms with Crippen LogP contribution in [-0.4, -0.2) is 28.5 Å². The van der Waals surface area contributed by atoms with Gasteiger partial charge in [-0.3, -0.25) is 0 Å². The summed E-state index contributed by atoms with van der Waals surface area (Å²) in [5, 5.41) is 0.137. The molecule has 0 heterocycles. The molecule has 0 radical (unpaired) electrons. The molecule has 0 saturated carbocycles. The molecule has 0 bridgehead atoms. The molecule has 0 fully saturated rings. The van der Waals surface area contributed by atoms with Crippen LogP contribution >= 0.6 is 0 Å². The molecule has 0 aliphatic rings. The molecule has 1 unspecified atom stereocenters. The SMILES string of the molecule is CCC(CC)(OC)[Si](C)(C)C(C)(CC)[Si](C)(C)C. The Morgan fingerprint density at radius 2 is 1.22 bits per heavy atom. The number of methoxy groups -OCH3 is 1. The molecular weight excluding hydrogens is 252 g/mol. The van der Waals surface area contributed by atoms with Crippen LogP contribution in [0, 0.1) is 0 Å². The predicted octanol–water partition coefficient (Wildman–Crippen LogP) is 5.49. The van der Waals surface area contributed by atoms with Gasteiger partial charge in [-0.05, 0) is 17.5 Å². The zero-order chi connectivity index (χ0) is 14.8. The number of hydrogen-bond donors (Lipinski definition) is 0. The maximum Gasteiger partial charge on any atom is 0.0886 e. The number of ether oxygens (including phenoxy) is 1. The summed E-state index contributed by atoms with van der Waals surface area (Å²) in [6.45, 7) is 22.3. The monoisotopic (exact) mass is 288 g/mol. The van der Waals surface area contributed by atoms with Crippen LogP contribution in [0.25, 0.3) is 0 Å². The Hall–Kier alpha value is 0.394. The first-order chi connectivity index (χ1) is 7.99. The van der Waals surface area contributed by atoms with E-state index in [-0.39, 0.29) is 5.22 Å². The Labute approximate surface area is 118 Å². The molecule has 3 heteroatoms. The van der Waals surface area contributed by atoms with E-state index in [9.17, 15) is 0 Å². The standard InChI is InChI=1S/C15H36OSi2/c1-11-14(4,17(6,7)8)18(9,10)15(12-2,13-3)16-5/h11-13H2,1-10H3. The van der Waals surface area contributed by atoms with Gasteiger partial charge in [0, 0.05) is 15.2 Å². The Morgan fingerprint density at radius 1 is 0.833 bits per heavy atom. The van der Waals surface area contributed by atoms with Crippen molar-refractivity contribution in [2.75, 3.05) is 7.11 Å². The van der Waals surface area contributed by atoms with Crippen molar-refractivity contribution in [3.8, 4) is 0 Å². The van der Waals surface area contributed by atoms with Gasteiger partial charge in [0.1, 0.15) is 0 Å². The zero-order valence-electron chi connectivity index (χ0n) is 14.5. The fourth-order valence-corrected chi connectivity index (χ4v) is 17.5. The average molecular weight is 289 g/mol. The molecule has 110 valence electrons. The van der Waals surface area contributed by atoms with Gasteiger partial charge in [0.2, 0.25) is 0 Å². The molecule has 0 aromatic heterocycles. The van der Waals surface area contributed by atoms with Crippen LogP contribution in [0.3, 0.4) is 0 Å². The molecule has 0 N–H and O–H groups in total. The van der Waals surface area contributed by atoms with Crippen LogP contribution in [-0.2, 0) is 4.74 Å². The molecule has 0 rings (SSSR count). The first-order valence-electron chi connectivity index (χ1n) is 7.54. The molecule has 1 nitrogen and oxygen atoms in total. The van der Waals surface area contributed by atoms with Crippen LogP contribution in [0.1, 0.15) is 47.0 Å². The Bertz CT molecular complexity index is 256. The van der Waals surface area contributed by atoms with Gasteiger partial charge in [-0.1, -0.05) is 66.9 Å². The highest BCUT2D eigenvalue weighted by Gasteiger charge is 2.59. The molecule has 0 aliphatic carbocycles. The minimum atomic E-state index is -1.53. The van der Waals surface area contributed by atoms with Crippen LogP contribution in [0.5, 0.6) is 0 Å². The zero-order valence-corrected chi connectivity index (χ0v) is 16.5. The minimum absolute atomic E-state index is 0.137. The highest BCUT2D eigenvalue weighted by molar-refractivity contribution is 7.00. The lowest BCUT2D eigenvalue weighted by atomic mass is 10.2. The third kappa shape index (κ3) is 2.50. The van der Waals surface area contributed by atoms with Crippen molar-refractivity contribution < 1.29 is 4.74 Å². The Morgan fingerprint density at radius 3 is 1.39 bits per heavy atom. The van der Waals surface area contributed by atoms with Gasteiger partial charge in [0.25, 0.3) is 0 Å². The normalized spacial score (nSPS) is 17.7. The smallest absolute Gasteiger partial charge is 0.0886 e. The highest BCUT2D eigenvalue weighted by Crippen LogP contribution is 2.55. The lowest BCUT2D eigenvalue weighted by Crippen LogP contribution is -2.67. The van der Waals surface area contributed by atoms with Crippen molar-refractivity contribution in [3.05, 3.63) is 0 Å². The lowest BCUT2D eigenvalue weighted by Gasteiger charge is -2.58. The summed E-state index contributed by atoms with van der Waals surface area (Å²) in [4.78, 5) is 0. The molecule has 0 spiro atoms. The fourth-order valence-electron chi connectivity index (χ4n) is 4.09. The summed E-state index contributed by atoms with van der Waals surface area (Å²) in [6, 6.07) is 0. The fraction of sp³-hybridized carbons (Fsp3) is 1.00. The van der Waals surface area contributed by atoms with E-state index in [1.54, 1.807) is 0 Å².